The van der Waals surface area contributed by atoms with Crippen molar-refractivity contribution in [3.63, 3.8) is 0 Å². The number of hydrogen-bond acceptors (Lipinski definition) is 4. The molecule has 6 heteroatoms. The quantitative estimate of drug-likeness (QED) is 0.118. The average Bonchev–Trinajstić information content (AvgIpc) is 2.63. The van der Waals surface area contributed by atoms with Crippen molar-refractivity contribution in [2.45, 2.75) is 110 Å². The van der Waals surface area contributed by atoms with Gasteiger partial charge in [0.15, 0.2) is 5.96 Å². The summed E-state index contributed by atoms with van der Waals surface area (Å²) in [5.74, 6) is -1.41. The molecule has 0 fully saturated rings. The molecule has 0 rings (SSSR count). The average molecular weight is 384 g/mol. The maximum atomic E-state index is 11.5. The highest BCUT2D eigenvalue weighted by molar-refractivity contribution is 5.88. The zero-order chi connectivity index (χ0) is 20.2. The van der Waals surface area contributed by atoms with Gasteiger partial charge in [-0.2, -0.15) is 0 Å². The highest BCUT2D eigenvalue weighted by Gasteiger charge is 2.09. The number of unbranched alkanes of at least 4 members (excludes halogenated alkanes) is 14. The van der Waals surface area contributed by atoms with Gasteiger partial charge in [0.2, 0.25) is 0 Å². The molecule has 0 aromatic rings. The van der Waals surface area contributed by atoms with Crippen LogP contribution in [-0.2, 0) is 14.3 Å². The van der Waals surface area contributed by atoms with Crippen LogP contribution in [-0.4, -0.2) is 24.4 Å². The molecule has 0 aromatic carbocycles. The summed E-state index contributed by atoms with van der Waals surface area (Å²) in [7, 11) is 0. The molecule has 0 unspecified atom stereocenters. The van der Waals surface area contributed by atoms with Gasteiger partial charge in [-0.1, -0.05) is 96.8 Å². The monoisotopic (exact) mass is 383 g/mol. The normalized spacial score (nSPS) is 10.6. The fourth-order valence-electron chi connectivity index (χ4n) is 3.01. The minimum absolute atomic E-state index is 0.193. The maximum absolute atomic E-state index is 11.5. The van der Waals surface area contributed by atoms with Gasteiger partial charge in [-0.25, -0.2) is 9.79 Å². The Kier molecular flexibility index (Phi) is 18.0. The molecule has 0 aromatic heterocycles. The SMILES string of the molecule is CCCCCCCCCCCCCCCCCC(=O)OC(=O)CN=C(N)N. The standard InChI is InChI=1S/C21H41N3O3/c1-2-3-4-5-6-7-8-9-10-11-12-13-14-15-16-17-19(25)27-20(26)18-24-21(22)23/h2-18H2,1H3,(H4,22,23,24). The highest BCUT2D eigenvalue weighted by Crippen LogP contribution is 2.13. The summed E-state index contributed by atoms with van der Waals surface area (Å²) in [6.07, 6.45) is 19.4. The molecule has 0 saturated heterocycles. The van der Waals surface area contributed by atoms with Gasteiger partial charge in [-0.05, 0) is 6.42 Å². The molecular weight excluding hydrogens is 342 g/mol. The first kappa shape index (κ1) is 25.4. The van der Waals surface area contributed by atoms with Gasteiger partial charge in [-0.3, -0.25) is 4.79 Å². The first-order valence-corrected chi connectivity index (χ1v) is 10.8. The van der Waals surface area contributed by atoms with E-state index in [4.69, 9.17) is 11.5 Å². The Bertz CT molecular complexity index is 407. The van der Waals surface area contributed by atoms with Gasteiger partial charge < -0.3 is 16.2 Å². The van der Waals surface area contributed by atoms with Gasteiger partial charge in [0.1, 0.15) is 6.54 Å². The van der Waals surface area contributed by atoms with Crippen LogP contribution in [0.15, 0.2) is 4.99 Å². The first-order valence-electron chi connectivity index (χ1n) is 10.8. The van der Waals surface area contributed by atoms with E-state index < -0.39 is 11.9 Å². The minimum Gasteiger partial charge on any atom is -0.392 e. The lowest BCUT2D eigenvalue weighted by molar-refractivity contribution is -0.158. The van der Waals surface area contributed by atoms with Crippen molar-refractivity contribution in [1.82, 2.24) is 0 Å². The number of ether oxygens (including phenoxy) is 1. The largest absolute Gasteiger partial charge is 0.392 e. The molecule has 27 heavy (non-hydrogen) atoms. The highest BCUT2D eigenvalue weighted by atomic mass is 16.6. The fourth-order valence-corrected chi connectivity index (χ4v) is 3.01. The van der Waals surface area contributed by atoms with Crippen molar-refractivity contribution in [3.8, 4) is 0 Å². The fraction of sp³-hybridized carbons (Fsp3) is 0.857. The zero-order valence-electron chi connectivity index (χ0n) is 17.3. The van der Waals surface area contributed by atoms with Crippen LogP contribution in [0, 0.1) is 0 Å². The molecule has 6 nitrogen and oxygen atoms in total. The molecule has 158 valence electrons. The second kappa shape index (κ2) is 19.2. The number of nitrogens with two attached hydrogens (primary N) is 2. The third kappa shape index (κ3) is 20.6. The minimum atomic E-state index is -0.714. The van der Waals surface area contributed by atoms with Crippen molar-refractivity contribution in [2.24, 2.45) is 16.5 Å². The first-order chi connectivity index (χ1) is 13.1. The number of carbonyl (C=O) groups is 2. The number of guanidine groups is 1. The Labute approximate surface area is 165 Å². The lowest BCUT2D eigenvalue weighted by Crippen LogP contribution is -2.25. The summed E-state index contributed by atoms with van der Waals surface area (Å²) in [5, 5.41) is 0. The van der Waals surface area contributed by atoms with Gasteiger partial charge >= 0.3 is 11.9 Å². The van der Waals surface area contributed by atoms with Gasteiger partial charge in [-0.15, -0.1) is 0 Å². The maximum Gasteiger partial charge on any atom is 0.335 e. The Morgan fingerprint density at radius 2 is 1.07 bits per heavy atom. The molecule has 0 bridgehead atoms. The van der Waals surface area contributed by atoms with Crippen LogP contribution in [0.1, 0.15) is 110 Å². The van der Waals surface area contributed by atoms with Crippen molar-refractivity contribution in [2.75, 3.05) is 6.54 Å². The van der Waals surface area contributed by atoms with E-state index in [9.17, 15) is 9.59 Å². The Morgan fingerprint density at radius 1 is 0.667 bits per heavy atom. The summed E-state index contributed by atoms with van der Waals surface area (Å²) in [6, 6.07) is 0. The van der Waals surface area contributed by atoms with E-state index in [0.717, 1.165) is 19.3 Å². The van der Waals surface area contributed by atoms with E-state index in [2.05, 4.69) is 16.7 Å². The molecule has 0 amide bonds. The lowest BCUT2D eigenvalue weighted by Gasteiger charge is -2.04. The number of nitrogens with zero attached hydrogens (tertiary/aromatic N) is 1. The lowest BCUT2D eigenvalue weighted by atomic mass is 10.0. The second-order valence-electron chi connectivity index (χ2n) is 7.29. The number of hydrogen-bond donors (Lipinski definition) is 2. The molecule has 0 spiro atoms. The molecule has 0 atom stereocenters. The third-order valence-electron chi connectivity index (χ3n) is 4.60. The van der Waals surface area contributed by atoms with E-state index in [1.807, 2.05) is 0 Å². The van der Waals surface area contributed by atoms with Crippen LogP contribution in [0.3, 0.4) is 0 Å². The Hall–Kier alpha value is -1.59. The van der Waals surface area contributed by atoms with Crippen LogP contribution >= 0.6 is 0 Å². The van der Waals surface area contributed by atoms with Crippen LogP contribution in [0.5, 0.6) is 0 Å². The summed E-state index contributed by atoms with van der Waals surface area (Å²) >= 11 is 0. The third-order valence-corrected chi connectivity index (χ3v) is 4.60. The van der Waals surface area contributed by atoms with Gasteiger partial charge in [0.25, 0.3) is 0 Å². The topological polar surface area (TPSA) is 108 Å². The van der Waals surface area contributed by atoms with E-state index in [0.29, 0.717) is 0 Å². The van der Waals surface area contributed by atoms with Crippen molar-refractivity contribution in [3.05, 3.63) is 0 Å². The van der Waals surface area contributed by atoms with E-state index in [-0.39, 0.29) is 18.9 Å². The predicted molar refractivity (Wildman–Crippen MR) is 111 cm³/mol. The van der Waals surface area contributed by atoms with E-state index in [1.165, 1.54) is 77.0 Å². The van der Waals surface area contributed by atoms with Crippen LogP contribution in [0.4, 0.5) is 0 Å². The number of aliphatic imine (C=N–C) groups is 1. The van der Waals surface area contributed by atoms with Crippen molar-refractivity contribution >= 4 is 17.9 Å². The number of esters is 2. The summed E-state index contributed by atoms with van der Waals surface area (Å²) in [5.41, 5.74) is 10.2. The molecule has 0 aliphatic rings. The van der Waals surface area contributed by atoms with Gasteiger partial charge in [0, 0.05) is 6.42 Å². The molecule has 0 saturated carbocycles. The van der Waals surface area contributed by atoms with Gasteiger partial charge in [0.05, 0.1) is 0 Å². The smallest absolute Gasteiger partial charge is 0.335 e. The summed E-state index contributed by atoms with van der Waals surface area (Å²) in [4.78, 5) is 26.2. The summed E-state index contributed by atoms with van der Waals surface area (Å²) in [6.45, 7) is 1.95. The molecule has 0 radical (unpaired) electrons. The summed E-state index contributed by atoms with van der Waals surface area (Å²) < 4.78 is 4.62. The number of rotatable bonds is 18. The zero-order valence-corrected chi connectivity index (χ0v) is 17.3. The predicted octanol–water partition coefficient (Wildman–Crippen LogP) is 4.59. The van der Waals surface area contributed by atoms with Crippen LogP contribution in [0.2, 0.25) is 0 Å². The number of carbonyl (C=O) groups excluding carboxylic acids is 2. The van der Waals surface area contributed by atoms with Crippen LogP contribution < -0.4 is 11.5 Å². The Balaban J connectivity index is 3.27. The van der Waals surface area contributed by atoms with Crippen molar-refractivity contribution in [1.29, 1.82) is 0 Å². The molecular formula is C21H41N3O3. The molecule has 0 aliphatic heterocycles. The second-order valence-corrected chi connectivity index (χ2v) is 7.29. The van der Waals surface area contributed by atoms with E-state index >= 15 is 0 Å². The molecule has 0 aliphatic carbocycles. The Morgan fingerprint density at radius 3 is 1.48 bits per heavy atom. The van der Waals surface area contributed by atoms with E-state index in [1.54, 1.807) is 0 Å². The molecule has 0 heterocycles. The van der Waals surface area contributed by atoms with Crippen LogP contribution in [0.25, 0.3) is 0 Å². The molecule has 4 N–H and O–H groups in total. The van der Waals surface area contributed by atoms with Crippen molar-refractivity contribution < 1.29 is 14.3 Å².